The van der Waals surface area contributed by atoms with Crippen molar-refractivity contribution in [3.05, 3.63) is 82.6 Å². The number of carbonyl (C=O) groups excluding carboxylic acids is 1. The molecule has 1 aliphatic carbocycles. The lowest BCUT2D eigenvalue weighted by molar-refractivity contribution is 0.0606. The first-order chi connectivity index (χ1) is 16.1. The molecule has 1 amide bonds. The third-order valence-corrected chi connectivity index (χ3v) is 8.33. The van der Waals surface area contributed by atoms with Crippen LogP contribution in [-0.4, -0.2) is 29.9 Å². The van der Waals surface area contributed by atoms with Gasteiger partial charge in [0.05, 0.1) is 17.5 Å². The van der Waals surface area contributed by atoms with E-state index < -0.39 is 0 Å². The maximum atomic E-state index is 13.9. The van der Waals surface area contributed by atoms with Gasteiger partial charge in [0.25, 0.3) is 5.91 Å². The number of nitrogens with one attached hydrogen (secondary N) is 1. The second-order valence-corrected chi connectivity index (χ2v) is 10.1. The third kappa shape index (κ3) is 4.58. The lowest BCUT2D eigenvalue weighted by atomic mass is 9.89. The van der Waals surface area contributed by atoms with Gasteiger partial charge in [0, 0.05) is 34.3 Å². The number of amides is 1. The van der Waals surface area contributed by atoms with Gasteiger partial charge in [0.15, 0.2) is 0 Å². The Balaban J connectivity index is 1.47. The first kappa shape index (κ1) is 22.2. The van der Waals surface area contributed by atoms with Crippen molar-refractivity contribution in [3.8, 4) is 11.1 Å². The molecule has 0 spiro atoms. The quantitative estimate of drug-likeness (QED) is 0.325. The van der Waals surface area contributed by atoms with Crippen LogP contribution in [0.15, 0.2) is 71.5 Å². The van der Waals surface area contributed by atoms with Crippen molar-refractivity contribution in [3.63, 3.8) is 0 Å². The van der Waals surface area contributed by atoms with Gasteiger partial charge in [-0.25, -0.2) is 0 Å². The Morgan fingerprint density at radius 1 is 1.09 bits per heavy atom. The van der Waals surface area contributed by atoms with Gasteiger partial charge >= 0.3 is 0 Å². The number of thiophene rings is 1. The fourth-order valence-corrected chi connectivity index (χ4v) is 6.27. The molecule has 0 saturated heterocycles. The summed E-state index contributed by atoms with van der Waals surface area (Å²) in [6.07, 6.45) is 7.54. The molecule has 170 valence electrons. The van der Waals surface area contributed by atoms with E-state index in [2.05, 4.69) is 28.4 Å². The normalized spacial score (nSPS) is 18.5. The average molecular weight is 479 g/mol. The summed E-state index contributed by atoms with van der Waals surface area (Å²) in [5.41, 5.74) is 3.24. The molecule has 0 bridgehead atoms. The summed E-state index contributed by atoms with van der Waals surface area (Å²) in [5.74, 6) is 0.0304. The highest BCUT2D eigenvalue weighted by molar-refractivity contribution is 7.21. The molecule has 2 heterocycles. The lowest BCUT2D eigenvalue weighted by Crippen LogP contribution is -2.44. The Kier molecular flexibility index (Phi) is 6.54. The van der Waals surface area contributed by atoms with Gasteiger partial charge in [0.1, 0.15) is 4.88 Å². The maximum absolute atomic E-state index is 13.9. The van der Waals surface area contributed by atoms with E-state index in [1.807, 2.05) is 43.4 Å². The van der Waals surface area contributed by atoms with Crippen LogP contribution in [0.5, 0.6) is 0 Å². The summed E-state index contributed by atoms with van der Waals surface area (Å²) in [7, 11) is 2.02. The van der Waals surface area contributed by atoms with Gasteiger partial charge in [-0.1, -0.05) is 48.0 Å². The molecule has 0 aliphatic heterocycles. The second-order valence-electron chi connectivity index (χ2n) is 8.68. The highest BCUT2D eigenvalue weighted by atomic mass is 35.5. The van der Waals surface area contributed by atoms with Gasteiger partial charge in [-0.3, -0.25) is 4.79 Å². The van der Waals surface area contributed by atoms with E-state index in [1.54, 1.807) is 12.5 Å². The molecule has 4 aromatic rings. The molecule has 6 heteroatoms. The maximum Gasteiger partial charge on any atom is 0.266 e. The summed E-state index contributed by atoms with van der Waals surface area (Å²) < 4.78 is 6.31. The number of hydrogen-bond donors (Lipinski definition) is 1. The second kappa shape index (κ2) is 9.72. The number of nitrogens with zero attached hydrogens (tertiary/aromatic N) is 1. The molecule has 1 fully saturated rings. The van der Waals surface area contributed by atoms with Crippen molar-refractivity contribution in [2.75, 3.05) is 7.05 Å². The van der Waals surface area contributed by atoms with Crippen molar-refractivity contribution in [2.24, 2.45) is 0 Å². The SMILES string of the molecule is CNC1CCC(N(Cc2cccc(-c3ccoc3)c2)C(=O)c2sc3ccccc3c2Cl)CC1. The standard InChI is InChI=1S/C27H27ClN2O2S/c1-29-21-9-11-22(12-10-21)30(16-18-5-4-6-19(15-18)20-13-14-32-17-20)27(31)26-25(28)23-7-2-3-8-24(23)33-26/h2-8,13-15,17,21-22,29H,9-12,16H2,1H3. The Labute approximate surface area is 203 Å². The minimum Gasteiger partial charge on any atom is -0.472 e. The summed E-state index contributed by atoms with van der Waals surface area (Å²) in [5, 5.41) is 4.92. The Morgan fingerprint density at radius 2 is 1.91 bits per heavy atom. The number of rotatable bonds is 6. The number of benzene rings is 2. The summed E-state index contributed by atoms with van der Waals surface area (Å²) in [6, 6.07) is 19.0. The van der Waals surface area contributed by atoms with Gasteiger partial charge in [0.2, 0.25) is 0 Å². The topological polar surface area (TPSA) is 45.5 Å². The van der Waals surface area contributed by atoms with Crippen LogP contribution in [0.2, 0.25) is 5.02 Å². The first-order valence-corrected chi connectivity index (χ1v) is 12.6. The molecule has 33 heavy (non-hydrogen) atoms. The highest BCUT2D eigenvalue weighted by Gasteiger charge is 2.31. The zero-order valence-corrected chi connectivity index (χ0v) is 20.2. The smallest absolute Gasteiger partial charge is 0.266 e. The molecule has 4 nitrogen and oxygen atoms in total. The number of hydrogen-bond acceptors (Lipinski definition) is 4. The van der Waals surface area contributed by atoms with E-state index in [-0.39, 0.29) is 11.9 Å². The number of halogens is 1. The van der Waals surface area contributed by atoms with Crippen LogP contribution in [0, 0.1) is 0 Å². The van der Waals surface area contributed by atoms with Crippen molar-refractivity contribution >= 4 is 38.9 Å². The molecule has 0 radical (unpaired) electrons. The van der Waals surface area contributed by atoms with Crippen LogP contribution in [0.1, 0.15) is 40.9 Å². The van der Waals surface area contributed by atoms with Crippen LogP contribution in [0.3, 0.4) is 0 Å². The van der Waals surface area contributed by atoms with Gasteiger partial charge in [-0.05, 0) is 62.1 Å². The molecule has 1 aliphatic rings. The predicted octanol–water partition coefficient (Wildman–Crippen LogP) is 6.99. The monoisotopic (exact) mass is 478 g/mol. The van der Waals surface area contributed by atoms with Crippen molar-refractivity contribution in [1.29, 1.82) is 0 Å². The van der Waals surface area contributed by atoms with Crippen molar-refractivity contribution < 1.29 is 9.21 Å². The Morgan fingerprint density at radius 3 is 2.64 bits per heavy atom. The van der Waals surface area contributed by atoms with Crippen LogP contribution >= 0.6 is 22.9 Å². The summed E-state index contributed by atoms with van der Waals surface area (Å²) in [4.78, 5) is 16.6. The zero-order valence-electron chi connectivity index (χ0n) is 18.6. The zero-order chi connectivity index (χ0) is 22.8. The van der Waals surface area contributed by atoms with Crippen LogP contribution in [-0.2, 0) is 6.54 Å². The average Bonchev–Trinajstić information content (AvgIpc) is 3.51. The van der Waals surface area contributed by atoms with Crippen molar-refractivity contribution in [2.45, 2.75) is 44.3 Å². The molecule has 0 unspecified atom stereocenters. The molecule has 2 aromatic heterocycles. The minimum absolute atomic E-state index is 0.0304. The van der Waals surface area contributed by atoms with Gasteiger partial charge < -0.3 is 14.6 Å². The van der Waals surface area contributed by atoms with E-state index in [0.29, 0.717) is 22.5 Å². The lowest BCUT2D eigenvalue weighted by Gasteiger charge is -2.37. The molecular weight excluding hydrogens is 452 g/mol. The molecule has 2 aromatic carbocycles. The van der Waals surface area contributed by atoms with Gasteiger partial charge in [-0.15, -0.1) is 11.3 Å². The molecule has 1 N–H and O–H groups in total. The minimum atomic E-state index is 0.0304. The van der Waals surface area contributed by atoms with E-state index in [4.69, 9.17) is 16.0 Å². The van der Waals surface area contributed by atoms with Crippen LogP contribution in [0.4, 0.5) is 0 Å². The van der Waals surface area contributed by atoms with Crippen molar-refractivity contribution in [1.82, 2.24) is 10.2 Å². The van der Waals surface area contributed by atoms with E-state index in [1.165, 1.54) is 11.3 Å². The van der Waals surface area contributed by atoms with Crippen LogP contribution in [0.25, 0.3) is 21.2 Å². The van der Waals surface area contributed by atoms with E-state index in [9.17, 15) is 4.79 Å². The Bertz CT molecular complexity index is 1240. The summed E-state index contributed by atoms with van der Waals surface area (Å²) in [6.45, 7) is 0.560. The number of fused-ring (bicyclic) bond motifs is 1. The number of carbonyl (C=O) groups is 1. The fraction of sp³-hybridized carbons (Fsp3) is 0.296. The fourth-order valence-electron chi connectivity index (χ4n) is 4.80. The van der Waals surface area contributed by atoms with Gasteiger partial charge in [-0.2, -0.15) is 0 Å². The first-order valence-electron chi connectivity index (χ1n) is 11.4. The predicted molar refractivity (Wildman–Crippen MR) is 136 cm³/mol. The molecule has 5 rings (SSSR count). The summed E-state index contributed by atoms with van der Waals surface area (Å²) >= 11 is 8.21. The van der Waals surface area contributed by atoms with E-state index in [0.717, 1.165) is 52.5 Å². The molecule has 1 saturated carbocycles. The molecular formula is C27H27ClN2O2S. The number of furan rings is 1. The third-order valence-electron chi connectivity index (χ3n) is 6.67. The highest BCUT2D eigenvalue weighted by Crippen LogP contribution is 2.37. The largest absolute Gasteiger partial charge is 0.472 e. The molecule has 0 atom stereocenters. The van der Waals surface area contributed by atoms with Crippen LogP contribution < -0.4 is 5.32 Å². The van der Waals surface area contributed by atoms with E-state index >= 15 is 0 Å². The Hall–Kier alpha value is -2.60.